The number of aromatic nitrogens is 1. The van der Waals surface area contributed by atoms with Gasteiger partial charge < -0.3 is 10.2 Å². The number of hydrogen-bond donors (Lipinski definition) is 1. The minimum Gasteiger partial charge on any atom is -0.345 e. The van der Waals surface area contributed by atoms with Gasteiger partial charge in [-0.3, -0.25) is 9.78 Å². The van der Waals surface area contributed by atoms with Crippen molar-refractivity contribution in [2.24, 2.45) is 0 Å². The van der Waals surface area contributed by atoms with Crippen LogP contribution < -0.4 is 5.32 Å². The maximum absolute atomic E-state index is 12.0. The van der Waals surface area contributed by atoms with Crippen LogP contribution in [0, 0.1) is 0 Å². The minimum atomic E-state index is 0.227. The summed E-state index contributed by atoms with van der Waals surface area (Å²) >= 11 is 0. The lowest BCUT2D eigenvalue weighted by atomic mass is 10.1. The lowest BCUT2D eigenvalue weighted by molar-refractivity contribution is -0.130. The van der Waals surface area contributed by atoms with E-state index in [2.05, 4.69) is 10.3 Å². The molecule has 98 valence electrons. The zero-order chi connectivity index (χ0) is 12.8. The molecule has 1 atom stereocenters. The Morgan fingerprint density at radius 2 is 2.44 bits per heavy atom. The molecule has 1 fully saturated rings. The molecular formula is C14H21N3O. The summed E-state index contributed by atoms with van der Waals surface area (Å²) < 4.78 is 0. The Kier molecular flexibility index (Phi) is 4.70. The van der Waals surface area contributed by atoms with Crippen molar-refractivity contribution in [2.75, 3.05) is 20.1 Å². The van der Waals surface area contributed by atoms with E-state index < -0.39 is 0 Å². The molecule has 0 aromatic carbocycles. The van der Waals surface area contributed by atoms with Crippen LogP contribution in [-0.4, -0.2) is 42.0 Å². The maximum atomic E-state index is 12.0. The first-order valence-corrected chi connectivity index (χ1v) is 6.63. The van der Waals surface area contributed by atoms with E-state index in [1.807, 2.05) is 30.1 Å². The molecule has 1 saturated heterocycles. The summed E-state index contributed by atoms with van der Waals surface area (Å²) in [6, 6.07) is 6.27. The summed E-state index contributed by atoms with van der Waals surface area (Å²) in [5.74, 6) is 0.227. The second-order valence-electron chi connectivity index (χ2n) is 4.88. The van der Waals surface area contributed by atoms with Crippen LogP contribution in [0.3, 0.4) is 0 Å². The molecule has 18 heavy (non-hydrogen) atoms. The van der Waals surface area contributed by atoms with Gasteiger partial charge in [0.25, 0.3) is 0 Å². The molecule has 0 bridgehead atoms. The molecule has 1 aromatic heterocycles. The zero-order valence-corrected chi connectivity index (χ0v) is 10.9. The van der Waals surface area contributed by atoms with Crippen molar-refractivity contribution in [3.8, 4) is 0 Å². The van der Waals surface area contributed by atoms with Crippen LogP contribution in [0.5, 0.6) is 0 Å². The van der Waals surface area contributed by atoms with Gasteiger partial charge in [-0.05, 0) is 31.5 Å². The third kappa shape index (κ3) is 3.81. The highest BCUT2D eigenvalue weighted by Crippen LogP contribution is 2.10. The number of rotatable bonds is 5. The molecule has 0 radical (unpaired) electrons. The third-order valence-corrected chi connectivity index (χ3v) is 3.44. The van der Waals surface area contributed by atoms with Crippen LogP contribution in [0.15, 0.2) is 24.4 Å². The fourth-order valence-corrected chi connectivity index (χ4v) is 2.25. The van der Waals surface area contributed by atoms with Crippen LogP contribution >= 0.6 is 0 Å². The van der Waals surface area contributed by atoms with Crippen LogP contribution in [0.2, 0.25) is 0 Å². The number of amides is 1. The SMILES string of the molecule is CN(CCc1ccccn1)C(=O)CC1CCCN1. The van der Waals surface area contributed by atoms with Crippen molar-refractivity contribution in [3.63, 3.8) is 0 Å². The molecule has 4 heteroatoms. The fraction of sp³-hybridized carbons (Fsp3) is 0.571. The quantitative estimate of drug-likeness (QED) is 0.851. The highest BCUT2D eigenvalue weighted by atomic mass is 16.2. The van der Waals surface area contributed by atoms with Gasteiger partial charge in [-0.1, -0.05) is 6.07 Å². The van der Waals surface area contributed by atoms with E-state index in [1.165, 1.54) is 6.42 Å². The smallest absolute Gasteiger partial charge is 0.223 e. The van der Waals surface area contributed by atoms with E-state index >= 15 is 0 Å². The Morgan fingerprint density at radius 1 is 1.56 bits per heavy atom. The summed E-state index contributed by atoms with van der Waals surface area (Å²) in [5.41, 5.74) is 1.04. The predicted molar refractivity (Wildman–Crippen MR) is 71.2 cm³/mol. The Balaban J connectivity index is 1.73. The van der Waals surface area contributed by atoms with Gasteiger partial charge in [0.15, 0.2) is 0 Å². The van der Waals surface area contributed by atoms with Gasteiger partial charge in [0.1, 0.15) is 0 Å². The Labute approximate surface area is 108 Å². The highest BCUT2D eigenvalue weighted by molar-refractivity contribution is 5.76. The highest BCUT2D eigenvalue weighted by Gasteiger charge is 2.19. The van der Waals surface area contributed by atoms with Crippen molar-refractivity contribution >= 4 is 5.91 Å². The van der Waals surface area contributed by atoms with Gasteiger partial charge in [0, 0.05) is 44.4 Å². The molecule has 2 rings (SSSR count). The minimum absolute atomic E-state index is 0.227. The molecule has 0 aliphatic carbocycles. The van der Waals surface area contributed by atoms with Crippen molar-refractivity contribution < 1.29 is 4.79 Å². The number of hydrogen-bond acceptors (Lipinski definition) is 3. The normalized spacial score (nSPS) is 18.8. The van der Waals surface area contributed by atoms with Gasteiger partial charge in [-0.15, -0.1) is 0 Å². The number of pyridine rings is 1. The average molecular weight is 247 g/mol. The monoisotopic (exact) mass is 247 g/mol. The number of nitrogens with zero attached hydrogens (tertiary/aromatic N) is 2. The summed E-state index contributed by atoms with van der Waals surface area (Å²) in [6.07, 6.45) is 5.55. The molecule has 1 unspecified atom stereocenters. The molecule has 4 nitrogen and oxygen atoms in total. The average Bonchev–Trinajstić information content (AvgIpc) is 2.90. The van der Waals surface area contributed by atoms with E-state index in [4.69, 9.17) is 0 Å². The first-order chi connectivity index (χ1) is 8.75. The largest absolute Gasteiger partial charge is 0.345 e. The van der Waals surface area contributed by atoms with Gasteiger partial charge >= 0.3 is 0 Å². The topological polar surface area (TPSA) is 45.2 Å². The number of carbonyl (C=O) groups is 1. The summed E-state index contributed by atoms with van der Waals surface area (Å²) in [5, 5.41) is 3.36. The number of nitrogens with one attached hydrogen (secondary N) is 1. The lowest BCUT2D eigenvalue weighted by Gasteiger charge is -2.19. The summed E-state index contributed by atoms with van der Waals surface area (Å²) in [7, 11) is 1.88. The van der Waals surface area contributed by atoms with E-state index in [1.54, 1.807) is 6.20 Å². The van der Waals surface area contributed by atoms with Crippen LogP contribution in [0.4, 0.5) is 0 Å². The fourth-order valence-electron chi connectivity index (χ4n) is 2.25. The molecule has 1 aliphatic rings. The van der Waals surface area contributed by atoms with Crippen molar-refractivity contribution in [3.05, 3.63) is 30.1 Å². The Morgan fingerprint density at radius 3 is 3.11 bits per heavy atom. The molecule has 1 amide bonds. The number of carbonyl (C=O) groups excluding carboxylic acids is 1. The van der Waals surface area contributed by atoms with E-state index in [-0.39, 0.29) is 5.91 Å². The van der Waals surface area contributed by atoms with E-state index in [9.17, 15) is 4.79 Å². The summed E-state index contributed by atoms with van der Waals surface area (Å²) in [6.45, 7) is 1.79. The third-order valence-electron chi connectivity index (χ3n) is 3.44. The molecule has 2 heterocycles. The molecule has 0 spiro atoms. The van der Waals surface area contributed by atoms with Crippen LogP contribution in [0.25, 0.3) is 0 Å². The van der Waals surface area contributed by atoms with Gasteiger partial charge in [0.05, 0.1) is 0 Å². The van der Waals surface area contributed by atoms with Crippen molar-refractivity contribution in [1.82, 2.24) is 15.2 Å². The van der Waals surface area contributed by atoms with E-state index in [0.717, 1.165) is 31.6 Å². The van der Waals surface area contributed by atoms with Crippen molar-refractivity contribution in [1.29, 1.82) is 0 Å². The predicted octanol–water partition coefficient (Wildman–Crippen LogP) is 1.22. The first-order valence-electron chi connectivity index (χ1n) is 6.63. The van der Waals surface area contributed by atoms with E-state index in [0.29, 0.717) is 12.5 Å². The second-order valence-corrected chi connectivity index (χ2v) is 4.88. The number of likely N-dealkylation sites (N-methyl/N-ethyl adjacent to an activating group) is 1. The second kappa shape index (κ2) is 6.50. The van der Waals surface area contributed by atoms with Gasteiger partial charge in [0.2, 0.25) is 5.91 Å². The zero-order valence-electron chi connectivity index (χ0n) is 10.9. The Bertz CT molecular complexity index is 374. The van der Waals surface area contributed by atoms with Crippen LogP contribution in [-0.2, 0) is 11.2 Å². The molecule has 0 saturated carbocycles. The molecule has 1 N–H and O–H groups in total. The Hall–Kier alpha value is -1.42. The maximum Gasteiger partial charge on any atom is 0.223 e. The van der Waals surface area contributed by atoms with Gasteiger partial charge in [-0.25, -0.2) is 0 Å². The summed E-state index contributed by atoms with van der Waals surface area (Å²) in [4.78, 5) is 18.1. The van der Waals surface area contributed by atoms with Crippen molar-refractivity contribution in [2.45, 2.75) is 31.7 Å². The molecular weight excluding hydrogens is 226 g/mol. The molecule has 1 aromatic rings. The van der Waals surface area contributed by atoms with Crippen LogP contribution in [0.1, 0.15) is 25.0 Å². The standard InChI is InChI=1S/C14H21N3O/c1-17(10-7-12-5-2-3-8-15-12)14(18)11-13-6-4-9-16-13/h2-3,5,8,13,16H,4,6-7,9-11H2,1H3. The molecule has 1 aliphatic heterocycles. The lowest BCUT2D eigenvalue weighted by Crippen LogP contribution is -2.34. The van der Waals surface area contributed by atoms with Gasteiger partial charge in [-0.2, -0.15) is 0 Å². The first kappa shape index (κ1) is 13.0.